The van der Waals surface area contributed by atoms with Crippen LogP contribution in [0.15, 0.2) is 48.8 Å². The van der Waals surface area contributed by atoms with Crippen molar-refractivity contribution in [2.24, 2.45) is 0 Å². The van der Waals surface area contributed by atoms with Crippen LogP contribution in [-0.4, -0.2) is 12.1 Å². The van der Waals surface area contributed by atoms with E-state index in [0.717, 1.165) is 12.3 Å². The van der Waals surface area contributed by atoms with Crippen LogP contribution in [0.25, 0.3) is 0 Å². The predicted molar refractivity (Wildman–Crippen MR) is 71.3 cm³/mol. The van der Waals surface area contributed by atoms with E-state index >= 15 is 0 Å². The molecule has 2 aromatic rings. The van der Waals surface area contributed by atoms with E-state index in [4.69, 9.17) is 4.74 Å². The standard InChI is InChI=1S/C15H18N2O/c1-12(14-3-5-15(18-2)6-4-14)17-11-13-7-9-16-10-8-13/h3-10,12,17H,11H2,1-2H3/p+1/t12-/m0/s1. The summed E-state index contributed by atoms with van der Waals surface area (Å²) in [6.45, 7) is 3.18. The Morgan fingerprint density at radius 2 is 1.78 bits per heavy atom. The summed E-state index contributed by atoms with van der Waals surface area (Å²) in [4.78, 5) is 4.02. The number of hydrogen-bond donors (Lipinski definition) is 1. The average molecular weight is 243 g/mol. The first-order valence-corrected chi connectivity index (χ1v) is 6.16. The summed E-state index contributed by atoms with van der Waals surface area (Å²) < 4.78 is 5.16. The molecular weight excluding hydrogens is 224 g/mol. The van der Waals surface area contributed by atoms with Gasteiger partial charge in [0.2, 0.25) is 0 Å². The number of nitrogens with zero attached hydrogens (tertiary/aromatic N) is 1. The Morgan fingerprint density at radius 1 is 1.11 bits per heavy atom. The van der Waals surface area contributed by atoms with Crippen LogP contribution in [0.1, 0.15) is 24.1 Å². The van der Waals surface area contributed by atoms with Gasteiger partial charge in [-0.3, -0.25) is 4.98 Å². The topological polar surface area (TPSA) is 38.7 Å². The SMILES string of the molecule is COc1ccc([C@H](C)[NH2+]Cc2ccncc2)cc1. The molecule has 0 aliphatic carbocycles. The normalized spacial score (nSPS) is 12.1. The highest BCUT2D eigenvalue weighted by atomic mass is 16.5. The van der Waals surface area contributed by atoms with Crippen LogP contribution >= 0.6 is 0 Å². The van der Waals surface area contributed by atoms with Crippen molar-refractivity contribution in [3.63, 3.8) is 0 Å². The van der Waals surface area contributed by atoms with Crippen molar-refractivity contribution in [1.29, 1.82) is 0 Å². The first kappa shape index (κ1) is 12.6. The number of aromatic nitrogens is 1. The van der Waals surface area contributed by atoms with Crippen LogP contribution in [0.2, 0.25) is 0 Å². The highest BCUT2D eigenvalue weighted by Gasteiger charge is 2.08. The molecule has 0 bridgehead atoms. The second kappa shape index (κ2) is 6.17. The molecule has 2 rings (SSSR count). The maximum Gasteiger partial charge on any atom is 0.118 e. The first-order valence-electron chi connectivity index (χ1n) is 6.16. The molecule has 0 radical (unpaired) electrons. The molecule has 0 saturated carbocycles. The van der Waals surface area contributed by atoms with Crippen LogP contribution in [0.3, 0.4) is 0 Å². The molecule has 0 aliphatic rings. The van der Waals surface area contributed by atoms with Crippen LogP contribution in [0.5, 0.6) is 5.75 Å². The summed E-state index contributed by atoms with van der Waals surface area (Å²) in [5, 5.41) is 2.32. The maximum atomic E-state index is 5.16. The quantitative estimate of drug-likeness (QED) is 0.871. The fourth-order valence-electron chi connectivity index (χ4n) is 1.88. The van der Waals surface area contributed by atoms with E-state index in [-0.39, 0.29) is 0 Å². The van der Waals surface area contributed by atoms with Gasteiger partial charge in [0.25, 0.3) is 0 Å². The molecule has 2 N–H and O–H groups in total. The van der Waals surface area contributed by atoms with Gasteiger partial charge in [-0.25, -0.2) is 0 Å². The van der Waals surface area contributed by atoms with Crippen molar-refractivity contribution < 1.29 is 10.1 Å². The lowest BCUT2D eigenvalue weighted by Crippen LogP contribution is -2.83. The highest BCUT2D eigenvalue weighted by Crippen LogP contribution is 2.14. The number of quaternary nitrogens is 1. The van der Waals surface area contributed by atoms with Crippen molar-refractivity contribution in [2.75, 3.05) is 7.11 Å². The molecule has 0 unspecified atom stereocenters. The second-order valence-corrected chi connectivity index (χ2v) is 4.36. The molecule has 18 heavy (non-hydrogen) atoms. The Kier molecular flexibility index (Phi) is 4.31. The fourth-order valence-corrected chi connectivity index (χ4v) is 1.88. The third kappa shape index (κ3) is 3.31. The zero-order chi connectivity index (χ0) is 12.8. The minimum Gasteiger partial charge on any atom is -0.497 e. The van der Waals surface area contributed by atoms with E-state index in [9.17, 15) is 0 Å². The Labute approximate surface area is 108 Å². The van der Waals surface area contributed by atoms with Gasteiger partial charge in [0.05, 0.1) is 7.11 Å². The van der Waals surface area contributed by atoms with Crippen molar-refractivity contribution in [1.82, 2.24) is 4.98 Å². The molecular formula is C15H19N2O+. The van der Waals surface area contributed by atoms with E-state index in [1.165, 1.54) is 11.1 Å². The van der Waals surface area contributed by atoms with Crippen LogP contribution < -0.4 is 10.1 Å². The van der Waals surface area contributed by atoms with Crippen LogP contribution in [0, 0.1) is 0 Å². The summed E-state index contributed by atoms with van der Waals surface area (Å²) in [5.41, 5.74) is 2.61. The second-order valence-electron chi connectivity index (χ2n) is 4.36. The number of benzene rings is 1. The maximum absolute atomic E-state index is 5.16. The molecule has 0 aliphatic heterocycles. The van der Waals surface area contributed by atoms with Gasteiger partial charge in [-0.2, -0.15) is 0 Å². The van der Waals surface area contributed by atoms with E-state index < -0.39 is 0 Å². The van der Waals surface area contributed by atoms with Crippen molar-refractivity contribution >= 4 is 0 Å². The van der Waals surface area contributed by atoms with E-state index in [1.54, 1.807) is 7.11 Å². The number of ether oxygens (including phenoxy) is 1. The van der Waals surface area contributed by atoms with Crippen molar-refractivity contribution in [3.05, 3.63) is 59.9 Å². The number of hydrogen-bond acceptors (Lipinski definition) is 2. The smallest absolute Gasteiger partial charge is 0.118 e. The Bertz CT molecular complexity index is 468. The number of rotatable bonds is 5. The largest absolute Gasteiger partial charge is 0.497 e. The van der Waals surface area contributed by atoms with Gasteiger partial charge in [0, 0.05) is 23.5 Å². The number of methoxy groups -OCH3 is 1. The van der Waals surface area contributed by atoms with E-state index in [2.05, 4.69) is 41.5 Å². The molecule has 3 nitrogen and oxygen atoms in total. The van der Waals surface area contributed by atoms with Gasteiger partial charge in [0.15, 0.2) is 0 Å². The molecule has 0 fully saturated rings. The third-order valence-corrected chi connectivity index (χ3v) is 3.10. The first-order chi connectivity index (χ1) is 8.79. The zero-order valence-corrected chi connectivity index (χ0v) is 10.8. The number of pyridine rings is 1. The molecule has 1 atom stereocenters. The monoisotopic (exact) mass is 243 g/mol. The summed E-state index contributed by atoms with van der Waals surface area (Å²) >= 11 is 0. The van der Waals surface area contributed by atoms with Crippen molar-refractivity contribution in [3.8, 4) is 5.75 Å². The summed E-state index contributed by atoms with van der Waals surface area (Å²) in [5.74, 6) is 0.903. The molecule has 0 saturated heterocycles. The Morgan fingerprint density at radius 3 is 2.39 bits per heavy atom. The summed E-state index contributed by atoms with van der Waals surface area (Å²) in [7, 11) is 1.69. The van der Waals surface area contributed by atoms with Crippen LogP contribution in [-0.2, 0) is 6.54 Å². The lowest BCUT2D eigenvalue weighted by Gasteiger charge is -2.11. The van der Waals surface area contributed by atoms with E-state index in [1.807, 2.05) is 24.5 Å². The Hall–Kier alpha value is -1.87. The molecule has 0 amide bonds. The summed E-state index contributed by atoms with van der Waals surface area (Å²) in [6.07, 6.45) is 3.67. The van der Waals surface area contributed by atoms with Gasteiger partial charge in [-0.15, -0.1) is 0 Å². The van der Waals surface area contributed by atoms with Gasteiger partial charge in [0.1, 0.15) is 18.3 Å². The number of nitrogens with two attached hydrogens (primary N) is 1. The predicted octanol–water partition coefficient (Wildman–Crippen LogP) is 1.91. The minimum atomic E-state index is 0.434. The van der Waals surface area contributed by atoms with Gasteiger partial charge >= 0.3 is 0 Å². The molecule has 1 aromatic heterocycles. The van der Waals surface area contributed by atoms with Crippen LogP contribution in [0.4, 0.5) is 0 Å². The zero-order valence-electron chi connectivity index (χ0n) is 10.8. The van der Waals surface area contributed by atoms with E-state index in [0.29, 0.717) is 6.04 Å². The molecule has 94 valence electrons. The Balaban J connectivity index is 1.93. The molecule has 1 heterocycles. The van der Waals surface area contributed by atoms with Gasteiger partial charge in [-0.05, 0) is 43.3 Å². The third-order valence-electron chi connectivity index (χ3n) is 3.10. The van der Waals surface area contributed by atoms with Gasteiger partial charge in [-0.1, -0.05) is 0 Å². The minimum absolute atomic E-state index is 0.434. The lowest BCUT2D eigenvalue weighted by molar-refractivity contribution is -0.707. The van der Waals surface area contributed by atoms with Gasteiger partial charge < -0.3 is 10.1 Å². The lowest BCUT2D eigenvalue weighted by atomic mass is 10.1. The summed E-state index contributed by atoms with van der Waals surface area (Å²) in [6, 6.07) is 12.8. The fraction of sp³-hybridized carbons (Fsp3) is 0.267. The van der Waals surface area contributed by atoms with Crippen molar-refractivity contribution in [2.45, 2.75) is 19.5 Å². The molecule has 3 heteroatoms. The molecule has 1 aromatic carbocycles. The molecule has 0 spiro atoms. The highest BCUT2D eigenvalue weighted by molar-refractivity contribution is 5.28. The average Bonchev–Trinajstić information content (AvgIpc) is 2.46.